The number of carbonyl (C=O) groups is 1. The molecule has 0 aromatic heterocycles. The summed E-state index contributed by atoms with van der Waals surface area (Å²) in [6.07, 6.45) is 7.88. The van der Waals surface area contributed by atoms with Gasteiger partial charge in [-0.15, -0.1) is 24.0 Å². The third-order valence-corrected chi connectivity index (χ3v) is 5.68. The molecule has 3 rings (SSSR count). The van der Waals surface area contributed by atoms with E-state index in [1.807, 2.05) is 37.4 Å². The van der Waals surface area contributed by atoms with E-state index in [1.54, 1.807) is 0 Å². The zero-order valence-electron chi connectivity index (χ0n) is 17.4. The molecule has 1 aliphatic heterocycles. The quantitative estimate of drug-likeness (QED) is 0.253. The highest BCUT2D eigenvalue weighted by Crippen LogP contribution is 2.27. The second-order valence-corrected chi connectivity index (χ2v) is 7.80. The van der Waals surface area contributed by atoms with Crippen LogP contribution in [0.3, 0.4) is 0 Å². The van der Waals surface area contributed by atoms with Gasteiger partial charge in [-0.2, -0.15) is 0 Å². The molecule has 1 aromatic carbocycles. The van der Waals surface area contributed by atoms with Crippen molar-refractivity contribution in [2.75, 3.05) is 33.2 Å². The van der Waals surface area contributed by atoms with Crippen LogP contribution in [-0.2, 0) is 4.79 Å². The predicted molar refractivity (Wildman–Crippen MR) is 128 cm³/mol. The fourth-order valence-corrected chi connectivity index (χ4v) is 4.13. The molecule has 1 heterocycles. The molecule has 7 heteroatoms. The maximum Gasteiger partial charge on any atom is 0.220 e. The SMILES string of the molecule is CN=C(NCCNC(=O)CC1CCCC1)N1CCC(Oc2ccccc2)CC1.I. The Balaban J connectivity index is 0.00000300. The Kier molecular flexibility index (Phi) is 10.6. The number of rotatable bonds is 7. The summed E-state index contributed by atoms with van der Waals surface area (Å²) < 4.78 is 6.06. The summed E-state index contributed by atoms with van der Waals surface area (Å²) in [6.45, 7) is 3.18. The Bertz CT molecular complexity index is 627. The summed E-state index contributed by atoms with van der Waals surface area (Å²) in [5.74, 6) is 2.63. The molecule has 29 heavy (non-hydrogen) atoms. The Morgan fingerprint density at radius 3 is 2.38 bits per heavy atom. The van der Waals surface area contributed by atoms with Gasteiger partial charge in [0.15, 0.2) is 5.96 Å². The van der Waals surface area contributed by atoms with Gasteiger partial charge in [0.25, 0.3) is 0 Å². The Morgan fingerprint density at radius 2 is 1.72 bits per heavy atom. The molecular weight excluding hydrogens is 479 g/mol. The highest BCUT2D eigenvalue weighted by Gasteiger charge is 2.22. The van der Waals surface area contributed by atoms with Gasteiger partial charge in [-0.05, 0) is 30.9 Å². The number of aliphatic imine (C=N–C) groups is 1. The number of likely N-dealkylation sites (tertiary alicyclic amines) is 1. The van der Waals surface area contributed by atoms with Crippen molar-refractivity contribution in [3.05, 3.63) is 30.3 Å². The first kappa shape index (κ1) is 23.8. The van der Waals surface area contributed by atoms with Crippen molar-refractivity contribution < 1.29 is 9.53 Å². The molecule has 1 amide bonds. The van der Waals surface area contributed by atoms with E-state index >= 15 is 0 Å². The second kappa shape index (κ2) is 12.9. The van der Waals surface area contributed by atoms with Crippen LogP contribution in [0.4, 0.5) is 0 Å². The number of hydrogen-bond acceptors (Lipinski definition) is 3. The molecule has 1 aromatic rings. The molecular formula is C22H35IN4O2. The summed E-state index contributed by atoms with van der Waals surface area (Å²) in [6, 6.07) is 10.0. The lowest BCUT2D eigenvalue weighted by molar-refractivity contribution is -0.121. The van der Waals surface area contributed by atoms with Gasteiger partial charge in [0.2, 0.25) is 5.91 Å². The van der Waals surface area contributed by atoms with E-state index in [0.29, 0.717) is 25.4 Å². The lowest BCUT2D eigenvalue weighted by atomic mass is 10.0. The molecule has 1 saturated carbocycles. The summed E-state index contributed by atoms with van der Waals surface area (Å²) in [4.78, 5) is 18.7. The number of hydrogen-bond donors (Lipinski definition) is 2. The summed E-state index contributed by atoms with van der Waals surface area (Å²) in [5.41, 5.74) is 0. The minimum atomic E-state index is 0. The average molecular weight is 514 g/mol. The Labute approximate surface area is 191 Å². The van der Waals surface area contributed by atoms with E-state index in [0.717, 1.165) is 37.6 Å². The maximum atomic E-state index is 12.0. The molecule has 0 atom stereocenters. The van der Waals surface area contributed by atoms with Crippen LogP contribution in [-0.4, -0.2) is 56.1 Å². The van der Waals surface area contributed by atoms with Crippen LogP contribution >= 0.6 is 24.0 Å². The first-order chi connectivity index (χ1) is 13.7. The molecule has 162 valence electrons. The fraction of sp³-hybridized carbons (Fsp3) is 0.636. The van der Waals surface area contributed by atoms with Crippen molar-refractivity contribution in [2.45, 2.75) is 51.0 Å². The monoisotopic (exact) mass is 514 g/mol. The van der Waals surface area contributed by atoms with Gasteiger partial charge in [-0.25, -0.2) is 0 Å². The zero-order chi connectivity index (χ0) is 19.6. The van der Waals surface area contributed by atoms with Crippen LogP contribution in [0.15, 0.2) is 35.3 Å². The van der Waals surface area contributed by atoms with E-state index in [1.165, 1.54) is 25.7 Å². The molecule has 0 unspecified atom stereocenters. The normalized spacial score (nSPS) is 18.2. The number of nitrogens with one attached hydrogen (secondary N) is 2. The topological polar surface area (TPSA) is 66.0 Å². The van der Waals surface area contributed by atoms with Gasteiger partial charge in [-0.1, -0.05) is 31.0 Å². The van der Waals surface area contributed by atoms with Gasteiger partial charge in [0.1, 0.15) is 11.9 Å². The van der Waals surface area contributed by atoms with Crippen molar-refractivity contribution in [3.8, 4) is 5.75 Å². The first-order valence-corrected chi connectivity index (χ1v) is 10.7. The average Bonchev–Trinajstić information content (AvgIpc) is 3.23. The summed E-state index contributed by atoms with van der Waals surface area (Å²) in [5, 5.41) is 6.40. The largest absolute Gasteiger partial charge is 0.490 e. The number of para-hydroxylation sites is 1. The van der Waals surface area contributed by atoms with Crippen molar-refractivity contribution in [1.82, 2.24) is 15.5 Å². The second-order valence-electron chi connectivity index (χ2n) is 7.80. The number of benzene rings is 1. The molecule has 1 saturated heterocycles. The van der Waals surface area contributed by atoms with E-state index in [-0.39, 0.29) is 36.0 Å². The minimum absolute atomic E-state index is 0. The Morgan fingerprint density at radius 1 is 1.07 bits per heavy atom. The predicted octanol–water partition coefficient (Wildman–Crippen LogP) is 3.42. The molecule has 0 radical (unpaired) electrons. The zero-order valence-corrected chi connectivity index (χ0v) is 19.8. The molecule has 2 aliphatic rings. The number of ether oxygens (including phenoxy) is 1. The highest BCUT2D eigenvalue weighted by atomic mass is 127. The number of amides is 1. The molecule has 6 nitrogen and oxygen atoms in total. The standard InChI is InChI=1S/C22H34N4O2.HI/c1-23-22(25-14-13-24-21(27)17-18-7-5-6-8-18)26-15-11-20(12-16-26)28-19-9-3-2-4-10-19;/h2-4,9-10,18,20H,5-8,11-17H2,1H3,(H,23,25)(H,24,27);1H. The van der Waals surface area contributed by atoms with Crippen molar-refractivity contribution in [1.29, 1.82) is 0 Å². The van der Waals surface area contributed by atoms with Gasteiger partial charge in [0, 0.05) is 52.5 Å². The highest BCUT2D eigenvalue weighted by molar-refractivity contribution is 14.0. The van der Waals surface area contributed by atoms with Crippen molar-refractivity contribution in [3.63, 3.8) is 0 Å². The van der Waals surface area contributed by atoms with E-state index in [4.69, 9.17) is 4.74 Å². The van der Waals surface area contributed by atoms with Gasteiger partial charge in [-0.3, -0.25) is 9.79 Å². The van der Waals surface area contributed by atoms with Crippen LogP contribution in [0.2, 0.25) is 0 Å². The number of guanidine groups is 1. The van der Waals surface area contributed by atoms with Crippen LogP contribution in [0.25, 0.3) is 0 Å². The maximum absolute atomic E-state index is 12.0. The number of piperidine rings is 1. The number of nitrogens with zero attached hydrogens (tertiary/aromatic N) is 2. The molecule has 2 N–H and O–H groups in total. The molecule has 0 spiro atoms. The van der Waals surface area contributed by atoms with Gasteiger partial charge in [0.05, 0.1) is 0 Å². The van der Waals surface area contributed by atoms with E-state index in [2.05, 4.69) is 20.5 Å². The van der Waals surface area contributed by atoms with Crippen LogP contribution in [0.1, 0.15) is 44.9 Å². The van der Waals surface area contributed by atoms with Gasteiger partial charge < -0.3 is 20.3 Å². The molecule has 1 aliphatic carbocycles. The minimum Gasteiger partial charge on any atom is -0.490 e. The van der Waals surface area contributed by atoms with Crippen molar-refractivity contribution >= 4 is 35.8 Å². The van der Waals surface area contributed by atoms with Gasteiger partial charge >= 0.3 is 0 Å². The van der Waals surface area contributed by atoms with E-state index in [9.17, 15) is 4.79 Å². The third-order valence-electron chi connectivity index (χ3n) is 5.68. The third kappa shape index (κ3) is 8.03. The summed E-state index contributed by atoms with van der Waals surface area (Å²) >= 11 is 0. The van der Waals surface area contributed by atoms with Crippen LogP contribution < -0.4 is 15.4 Å². The van der Waals surface area contributed by atoms with Crippen LogP contribution in [0, 0.1) is 5.92 Å². The van der Waals surface area contributed by atoms with E-state index < -0.39 is 0 Å². The molecule has 2 fully saturated rings. The first-order valence-electron chi connectivity index (χ1n) is 10.7. The fourth-order valence-electron chi connectivity index (χ4n) is 4.13. The lowest BCUT2D eigenvalue weighted by Crippen LogP contribution is -2.48. The molecule has 0 bridgehead atoms. The number of halogens is 1. The number of carbonyl (C=O) groups excluding carboxylic acids is 1. The Hall–Kier alpha value is -1.51. The smallest absolute Gasteiger partial charge is 0.220 e. The lowest BCUT2D eigenvalue weighted by Gasteiger charge is -2.34. The summed E-state index contributed by atoms with van der Waals surface area (Å²) in [7, 11) is 1.81. The van der Waals surface area contributed by atoms with Crippen molar-refractivity contribution in [2.24, 2.45) is 10.9 Å². The van der Waals surface area contributed by atoms with Crippen LogP contribution in [0.5, 0.6) is 5.75 Å².